The van der Waals surface area contributed by atoms with Crippen molar-refractivity contribution in [1.82, 2.24) is 25.3 Å². The van der Waals surface area contributed by atoms with Crippen LogP contribution in [-0.2, 0) is 5.60 Å². The average molecular weight is 380 g/mol. The number of rotatable bonds is 3. The number of nitrogens with zero attached hydrogens (tertiary/aromatic N) is 6. The van der Waals surface area contributed by atoms with Gasteiger partial charge in [0.25, 0.3) is 0 Å². The van der Waals surface area contributed by atoms with Gasteiger partial charge in [0.1, 0.15) is 5.75 Å². The van der Waals surface area contributed by atoms with Gasteiger partial charge in [0, 0.05) is 13.1 Å². The molecule has 27 heavy (non-hydrogen) atoms. The Morgan fingerprint density at radius 2 is 1.89 bits per heavy atom. The van der Waals surface area contributed by atoms with Crippen LogP contribution in [0.15, 0.2) is 36.4 Å². The highest BCUT2D eigenvalue weighted by Gasteiger charge is 2.36. The van der Waals surface area contributed by atoms with Crippen LogP contribution in [0, 0.1) is 0 Å². The smallest absolute Gasteiger partial charge is 0.406 e. The third-order valence-corrected chi connectivity index (χ3v) is 4.58. The molecule has 1 N–H and O–H groups in total. The van der Waals surface area contributed by atoms with E-state index in [9.17, 15) is 18.3 Å². The first kappa shape index (κ1) is 17.5. The third kappa shape index (κ3) is 3.63. The molecule has 2 aromatic heterocycles. The molecule has 1 aromatic carbocycles. The molecular weight excluding hydrogens is 365 g/mol. The van der Waals surface area contributed by atoms with Crippen LogP contribution in [0.5, 0.6) is 5.75 Å². The minimum Gasteiger partial charge on any atom is -0.406 e. The summed E-state index contributed by atoms with van der Waals surface area (Å²) in [4.78, 5) is 1.96. The lowest BCUT2D eigenvalue weighted by molar-refractivity contribution is -0.274. The lowest BCUT2D eigenvalue weighted by atomic mass is 9.84. The first-order valence-electron chi connectivity index (χ1n) is 8.21. The van der Waals surface area contributed by atoms with Gasteiger partial charge in [0.15, 0.2) is 11.5 Å². The van der Waals surface area contributed by atoms with Gasteiger partial charge in [-0.1, -0.05) is 12.1 Å². The summed E-state index contributed by atoms with van der Waals surface area (Å²) in [5.41, 5.74) is -0.318. The van der Waals surface area contributed by atoms with Crippen molar-refractivity contribution < 1.29 is 23.0 Å². The first-order chi connectivity index (χ1) is 12.8. The van der Waals surface area contributed by atoms with E-state index in [0.29, 0.717) is 43.0 Å². The maximum atomic E-state index is 12.4. The van der Waals surface area contributed by atoms with Crippen LogP contribution < -0.4 is 9.64 Å². The number of aliphatic hydroxyl groups is 1. The Labute approximate surface area is 151 Å². The van der Waals surface area contributed by atoms with Crippen LogP contribution in [0.1, 0.15) is 18.4 Å². The van der Waals surface area contributed by atoms with Crippen molar-refractivity contribution in [3.05, 3.63) is 42.0 Å². The van der Waals surface area contributed by atoms with E-state index in [2.05, 4.69) is 25.4 Å². The van der Waals surface area contributed by atoms with Crippen molar-refractivity contribution in [3.8, 4) is 5.75 Å². The molecule has 1 aliphatic heterocycles. The Bertz CT molecular complexity index is 952. The SMILES string of the molecule is OC1(c2cccc(OC(F)(F)F)c2)CCN(c2ccc3nnnn3n2)CC1. The molecule has 3 aromatic rings. The Balaban J connectivity index is 1.49. The number of aromatic nitrogens is 5. The molecule has 0 saturated carbocycles. The minimum absolute atomic E-state index is 0.331. The molecule has 0 bridgehead atoms. The van der Waals surface area contributed by atoms with E-state index < -0.39 is 12.0 Å². The van der Waals surface area contributed by atoms with Gasteiger partial charge >= 0.3 is 6.36 Å². The number of benzene rings is 1. The van der Waals surface area contributed by atoms with E-state index in [1.165, 1.54) is 22.8 Å². The molecule has 0 amide bonds. The lowest BCUT2D eigenvalue weighted by Crippen LogP contribution is -2.43. The second-order valence-corrected chi connectivity index (χ2v) is 6.31. The Kier molecular flexibility index (Phi) is 4.10. The molecule has 11 heteroatoms. The summed E-state index contributed by atoms with van der Waals surface area (Å²) < 4.78 is 42.5. The topological polar surface area (TPSA) is 88.7 Å². The van der Waals surface area contributed by atoms with Crippen molar-refractivity contribution in [2.75, 3.05) is 18.0 Å². The molecule has 8 nitrogen and oxygen atoms in total. The summed E-state index contributed by atoms with van der Waals surface area (Å²) in [6.45, 7) is 0.947. The molecule has 3 heterocycles. The first-order valence-corrected chi connectivity index (χ1v) is 8.21. The van der Waals surface area contributed by atoms with Gasteiger partial charge in [-0.15, -0.1) is 28.0 Å². The quantitative estimate of drug-likeness (QED) is 0.742. The number of hydrogen-bond acceptors (Lipinski definition) is 7. The molecule has 1 aliphatic rings. The van der Waals surface area contributed by atoms with E-state index in [1.54, 1.807) is 18.2 Å². The van der Waals surface area contributed by atoms with Crippen LogP contribution >= 0.6 is 0 Å². The number of piperidine rings is 1. The zero-order valence-electron chi connectivity index (χ0n) is 14.0. The van der Waals surface area contributed by atoms with Crippen molar-refractivity contribution >= 4 is 11.5 Å². The monoisotopic (exact) mass is 380 g/mol. The normalized spacial score (nSPS) is 17.3. The number of hydrogen-bond donors (Lipinski definition) is 1. The lowest BCUT2D eigenvalue weighted by Gasteiger charge is -2.39. The highest BCUT2D eigenvalue weighted by molar-refractivity contribution is 5.45. The Morgan fingerprint density at radius 3 is 2.63 bits per heavy atom. The summed E-state index contributed by atoms with van der Waals surface area (Å²) in [6, 6.07) is 9.00. The predicted octanol–water partition coefficient (Wildman–Crippen LogP) is 1.91. The number of tetrazole rings is 1. The van der Waals surface area contributed by atoms with Gasteiger partial charge in [-0.2, -0.15) is 0 Å². The van der Waals surface area contributed by atoms with E-state index in [-0.39, 0.29) is 5.75 Å². The molecule has 0 radical (unpaired) electrons. The molecule has 142 valence electrons. The van der Waals surface area contributed by atoms with Crippen LogP contribution in [0.3, 0.4) is 0 Å². The van der Waals surface area contributed by atoms with Crippen molar-refractivity contribution in [2.45, 2.75) is 24.8 Å². The van der Waals surface area contributed by atoms with E-state index in [0.717, 1.165) is 0 Å². The maximum Gasteiger partial charge on any atom is 0.573 e. The van der Waals surface area contributed by atoms with Crippen molar-refractivity contribution in [2.24, 2.45) is 0 Å². The molecular formula is C16H15F3N6O2. The standard InChI is InChI=1S/C16H15F3N6O2/c17-16(18,19)27-12-3-1-2-11(10-12)15(26)6-8-24(9-7-15)14-5-4-13-20-22-23-25(13)21-14/h1-5,10,26H,6-9H2. The fraction of sp³-hybridized carbons (Fsp3) is 0.375. The number of ether oxygens (including phenoxy) is 1. The number of alkyl halides is 3. The zero-order chi connectivity index (χ0) is 19.1. The molecule has 0 aliphatic carbocycles. The van der Waals surface area contributed by atoms with E-state index in [1.807, 2.05) is 4.90 Å². The maximum absolute atomic E-state index is 12.4. The Morgan fingerprint density at radius 1 is 1.11 bits per heavy atom. The van der Waals surface area contributed by atoms with Gasteiger partial charge < -0.3 is 14.7 Å². The Hall–Kier alpha value is -2.95. The summed E-state index contributed by atoms with van der Waals surface area (Å²) in [5, 5.41) is 26.3. The van der Waals surface area contributed by atoms with Crippen LogP contribution in [0.2, 0.25) is 0 Å². The number of fused-ring (bicyclic) bond motifs is 1. The molecule has 4 rings (SSSR count). The zero-order valence-corrected chi connectivity index (χ0v) is 14.0. The van der Waals surface area contributed by atoms with Gasteiger partial charge in [0.2, 0.25) is 0 Å². The van der Waals surface area contributed by atoms with Crippen LogP contribution in [0.4, 0.5) is 19.0 Å². The van der Waals surface area contributed by atoms with Gasteiger partial charge in [-0.25, -0.2) is 0 Å². The molecule has 0 spiro atoms. The summed E-state index contributed by atoms with van der Waals surface area (Å²) in [7, 11) is 0. The molecule has 1 fully saturated rings. The average Bonchev–Trinajstić information content (AvgIpc) is 3.09. The summed E-state index contributed by atoms with van der Waals surface area (Å²) in [6.07, 6.45) is -4.11. The van der Waals surface area contributed by atoms with Crippen LogP contribution in [-0.4, -0.2) is 49.8 Å². The van der Waals surface area contributed by atoms with Gasteiger partial charge in [0.05, 0.1) is 5.60 Å². The highest BCUT2D eigenvalue weighted by Crippen LogP contribution is 2.36. The molecule has 0 atom stereocenters. The highest BCUT2D eigenvalue weighted by atomic mass is 19.4. The number of anilines is 1. The van der Waals surface area contributed by atoms with Gasteiger partial charge in [-0.05, 0) is 53.1 Å². The fourth-order valence-electron chi connectivity index (χ4n) is 3.19. The number of halogens is 3. The molecule has 1 saturated heterocycles. The summed E-state index contributed by atoms with van der Waals surface area (Å²) >= 11 is 0. The second-order valence-electron chi connectivity index (χ2n) is 6.31. The van der Waals surface area contributed by atoms with E-state index in [4.69, 9.17) is 0 Å². The third-order valence-electron chi connectivity index (χ3n) is 4.58. The van der Waals surface area contributed by atoms with Crippen molar-refractivity contribution in [3.63, 3.8) is 0 Å². The molecule has 0 unspecified atom stereocenters. The van der Waals surface area contributed by atoms with Crippen LogP contribution in [0.25, 0.3) is 5.65 Å². The van der Waals surface area contributed by atoms with Crippen molar-refractivity contribution in [1.29, 1.82) is 0 Å². The predicted molar refractivity (Wildman–Crippen MR) is 87.0 cm³/mol. The van der Waals surface area contributed by atoms with E-state index >= 15 is 0 Å². The van der Waals surface area contributed by atoms with Gasteiger partial charge in [-0.3, -0.25) is 0 Å². The largest absolute Gasteiger partial charge is 0.573 e. The second kappa shape index (κ2) is 6.34. The fourth-order valence-corrected chi connectivity index (χ4v) is 3.19. The summed E-state index contributed by atoms with van der Waals surface area (Å²) in [5.74, 6) is 0.313. The minimum atomic E-state index is -4.77.